The van der Waals surface area contributed by atoms with E-state index in [4.69, 9.17) is 0 Å². The number of allylic oxidation sites excluding steroid dienone is 1. The van der Waals surface area contributed by atoms with Crippen LogP contribution in [0.3, 0.4) is 0 Å². The van der Waals surface area contributed by atoms with Crippen molar-refractivity contribution < 1.29 is 0 Å². The van der Waals surface area contributed by atoms with Crippen LogP contribution in [-0.4, -0.2) is 8.87 Å². The van der Waals surface area contributed by atoms with Gasteiger partial charge in [-0.15, -0.1) is 9.69 Å². The Morgan fingerprint density at radius 2 is 2.25 bits per heavy atom. The molecule has 0 bridgehead atoms. The minimum atomic E-state index is 0.997. The molecule has 0 heterocycles. The average Bonchev–Trinajstić information content (AvgIpc) is 1.66. The van der Waals surface area contributed by atoms with E-state index >= 15 is 0 Å². The Kier molecular flexibility index (Phi) is 6.43. The molecule has 48 valence electrons. The van der Waals surface area contributed by atoms with Crippen molar-refractivity contribution in [3.8, 4) is 0 Å². The van der Waals surface area contributed by atoms with Gasteiger partial charge >= 0.3 is 0 Å². The van der Waals surface area contributed by atoms with Crippen LogP contribution >= 0.6 is 37.6 Å². The van der Waals surface area contributed by atoms with Gasteiger partial charge in [0.2, 0.25) is 0 Å². The lowest BCUT2D eigenvalue weighted by molar-refractivity contribution is 1.21. The van der Waals surface area contributed by atoms with E-state index in [1.807, 2.05) is 6.08 Å². The molecule has 0 rings (SSSR count). The number of rotatable bonds is 4. The Bertz CT molecular complexity index is 64.3. The minimum Gasteiger partial charge on any atom is -0.144 e. The summed E-state index contributed by atoms with van der Waals surface area (Å²) in [5.41, 5.74) is 0. The fourth-order valence-electron chi connectivity index (χ4n) is 0.218. The van der Waals surface area contributed by atoms with Gasteiger partial charge in [-0.2, -0.15) is 0 Å². The monoisotopic (exact) mass is 167 g/mol. The summed E-state index contributed by atoms with van der Waals surface area (Å²) in [6, 6.07) is 0. The molecule has 0 aliphatic heterocycles. The molecular weight excluding hydrogens is 158 g/mol. The van der Waals surface area contributed by atoms with E-state index in [1.54, 1.807) is 11.9 Å². The summed E-state index contributed by atoms with van der Waals surface area (Å²) in [5, 5.41) is 0. The van der Waals surface area contributed by atoms with E-state index in [-0.39, 0.29) is 0 Å². The first-order valence-electron chi connectivity index (χ1n) is 2.19. The Hall–Kier alpha value is 0.750. The third-order valence-electron chi connectivity index (χ3n) is 0.529. The smallest absolute Gasteiger partial charge is 0.0133 e. The van der Waals surface area contributed by atoms with Crippen LogP contribution in [0, 0.1) is 0 Å². The third kappa shape index (κ3) is 6.75. The fraction of sp³-hybridized carbons (Fsp3) is 0.500. The molecule has 4 heteroatoms. The molecule has 0 aliphatic rings. The lowest BCUT2D eigenvalue weighted by Gasteiger charge is -2.01. The standard InChI is InChI=1S/C4H9NS3/c1-2-3-4-8-5(6)7/h2,6-7H,1,3-4H2. The first kappa shape index (κ1) is 8.75. The second-order valence-corrected chi connectivity index (χ2v) is 3.85. The summed E-state index contributed by atoms with van der Waals surface area (Å²) in [7, 11) is 0. The molecule has 0 fully saturated rings. The fourth-order valence-corrected chi connectivity index (χ4v) is 1.14. The average molecular weight is 167 g/mol. The molecule has 0 saturated heterocycles. The summed E-state index contributed by atoms with van der Waals surface area (Å²) >= 11 is 9.34. The van der Waals surface area contributed by atoms with Crippen LogP contribution in [0.25, 0.3) is 0 Å². The van der Waals surface area contributed by atoms with E-state index in [0.29, 0.717) is 0 Å². The number of hydrogen-bond donors (Lipinski definition) is 2. The van der Waals surface area contributed by atoms with Crippen molar-refractivity contribution in [2.75, 3.05) is 5.75 Å². The molecular formula is C4H9NS3. The Balaban J connectivity index is 2.81. The molecule has 0 unspecified atom stereocenters. The highest BCUT2D eigenvalue weighted by Gasteiger charge is 1.87. The van der Waals surface area contributed by atoms with Gasteiger partial charge < -0.3 is 0 Å². The molecule has 0 spiro atoms. The van der Waals surface area contributed by atoms with Gasteiger partial charge in [-0.05, 0) is 6.42 Å². The van der Waals surface area contributed by atoms with Gasteiger partial charge in [0, 0.05) is 5.75 Å². The first-order valence-corrected chi connectivity index (χ1v) is 3.93. The molecule has 0 amide bonds. The van der Waals surface area contributed by atoms with Crippen molar-refractivity contribution in [1.82, 2.24) is 3.12 Å². The van der Waals surface area contributed by atoms with Gasteiger partial charge in [0.05, 0.1) is 0 Å². The topological polar surface area (TPSA) is 3.24 Å². The molecule has 0 aromatic heterocycles. The zero-order valence-electron chi connectivity index (χ0n) is 4.45. The SMILES string of the molecule is C=CCCSN(S)S. The van der Waals surface area contributed by atoms with Crippen molar-refractivity contribution in [2.24, 2.45) is 0 Å². The summed E-state index contributed by atoms with van der Waals surface area (Å²) in [6.45, 7) is 3.58. The minimum absolute atomic E-state index is 0.997. The normalized spacial score (nSPS) is 9.88. The first-order chi connectivity index (χ1) is 3.77. The molecule has 0 N–H and O–H groups in total. The number of thiol groups is 2. The van der Waals surface area contributed by atoms with Crippen molar-refractivity contribution in [3.05, 3.63) is 12.7 Å². The summed E-state index contributed by atoms with van der Waals surface area (Å²) < 4.78 is 1.49. The molecule has 8 heavy (non-hydrogen) atoms. The van der Waals surface area contributed by atoms with Gasteiger partial charge in [-0.3, -0.25) is 0 Å². The van der Waals surface area contributed by atoms with Crippen LogP contribution in [0.1, 0.15) is 6.42 Å². The molecule has 0 aromatic carbocycles. The van der Waals surface area contributed by atoms with Crippen LogP contribution in [-0.2, 0) is 0 Å². The van der Waals surface area contributed by atoms with Crippen molar-refractivity contribution in [3.63, 3.8) is 0 Å². The van der Waals surface area contributed by atoms with Crippen LogP contribution in [0.5, 0.6) is 0 Å². The zero-order chi connectivity index (χ0) is 6.41. The predicted octanol–water partition coefficient (Wildman–Crippen LogP) is 2.20. The Morgan fingerprint density at radius 3 is 2.62 bits per heavy atom. The lowest BCUT2D eigenvalue weighted by atomic mass is 10.5. The van der Waals surface area contributed by atoms with E-state index in [9.17, 15) is 0 Å². The van der Waals surface area contributed by atoms with Gasteiger partial charge in [0.25, 0.3) is 0 Å². The van der Waals surface area contributed by atoms with Crippen molar-refractivity contribution >= 4 is 37.6 Å². The highest BCUT2D eigenvalue weighted by Crippen LogP contribution is 2.15. The maximum absolute atomic E-state index is 3.90. The molecule has 0 aromatic rings. The van der Waals surface area contributed by atoms with Crippen LogP contribution in [0.4, 0.5) is 0 Å². The van der Waals surface area contributed by atoms with Gasteiger partial charge in [0.1, 0.15) is 0 Å². The molecule has 1 nitrogen and oxygen atoms in total. The summed E-state index contributed by atoms with van der Waals surface area (Å²) in [4.78, 5) is 0. The summed E-state index contributed by atoms with van der Waals surface area (Å²) in [6.07, 6.45) is 2.88. The Labute approximate surface area is 65.7 Å². The number of hydrogen-bond acceptors (Lipinski definition) is 4. The van der Waals surface area contributed by atoms with Crippen molar-refractivity contribution in [1.29, 1.82) is 0 Å². The van der Waals surface area contributed by atoms with Crippen LogP contribution in [0.2, 0.25) is 0 Å². The van der Waals surface area contributed by atoms with Gasteiger partial charge in [0.15, 0.2) is 0 Å². The Morgan fingerprint density at radius 1 is 1.62 bits per heavy atom. The highest BCUT2D eigenvalue weighted by molar-refractivity contribution is 8.15. The molecule has 0 aliphatic carbocycles. The van der Waals surface area contributed by atoms with E-state index in [0.717, 1.165) is 12.2 Å². The number of nitrogens with zero attached hydrogens (tertiary/aromatic N) is 1. The zero-order valence-corrected chi connectivity index (χ0v) is 7.05. The lowest BCUT2D eigenvalue weighted by Crippen LogP contribution is -1.84. The largest absolute Gasteiger partial charge is 0.144 e. The maximum atomic E-state index is 3.90. The van der Waals surface area contributed by atoms with Crippen LogP contribution in [0.15, 0.2) is 12.7 Å². The van der Waals surface area contributed by atoms with Crippen molar-refractivity contribution in [2.45, 2.75) is 6.42 Å². The molecule has 0 atom stereocenters. The third-order valence-corrected chi connectivity index (χ3v) is 1.87. The van der Waals surface area contributed by atoms with E-state index < -0.39 is 0 Å². The quantitative estimate of drug-likeness (QED) is 0.286. The second kappa shape index (κ2) is 5.88. The maximum Gasteiger partial charge on any atom is 0.0133 e. The van der Waals surface area contributed by atoms with E-state index in [1.165, 1.54) is 3.12 Å². The van der Waals surface area contributed by atoms with Gasteiger partial charge in [-0.25, -0.2) is 0 Å². The van der Waals surface area contributed by atoms with E-state index in [2.05, 4.69) is 32.2 Å². The van der Waals surface area contributed by atoms with Gasteiger partial charge in [-0.1, -0.05) is 43.7 Å². The predicted molar refractivity (Wildman–Crippen MR) is 47.1 cm³/mol. The van der Waals surface area contributed by atoms with Crippen LogP contribution < -0.4 is 0 Å². The molecule has 0 radical (unpaired) electrons. The highest BCUT2D eigenvalue weighted by atomic mass is 32.3. The second-order valence-electron chi connectivity index (χ2n) is 1.16. The summed E-state index contributed by atoms with van der Waals surface area (Å²) in [5.74, 6) is 0.997. The molecule has 0 saturated carbocycles.